The quantitative estimate of drug-likeness (QED) is 0.748. The second-order valence-corrected chi connectivity index (χ2v) is 3.50. The normalized spacial score (nSPS) is 15.2. The van der Waals surface area contributed by atoms with E-state index < -0.39 is 5.97 Å². The summed E-state index contributed by atoms with van der Waals surface area (Å²) in [7, 11) is 0. The summed E-state index contributed by atoms with van der Waals surface area (Å²) in [6.07, 6.45) is 3.68. The van der Waals surface area contributed by atoms with Crippen LogP contribution < -0.4 is 0 Å². The fourth-order valence-corrected chi connectivity index (χ4v) is 1.66. The highest BCUT2D eigenvalue weighted by Crippen LogP contribution is 2.18. The zero-order chi connectivity index (χ0) is 10.7. The van der Waals surface area contributed by atoms with Gasteiger partial charge in [0.25, 0.3) is 0 Å². The highest BCUT2D eigenvalue weighted by Gasteiger charge is 2.08. The van der Waals surface area contributed by atoms with Gasteiger partial charge in [0.2, 0.25) is 0 Å². The van der Waals surface area contributed by atoms with Gasteiger partial charge in [-0.25, -0.2) is 4.79 Å². The number of carbonyl (C=O) groups is 1. The Kier molecular flexibility index (Phi) is 2.83. The van der Waals surface area contributed by atoms with E-state index in [1.165, 1.54) is 5.56 Å². The van der Waals surface area contributed by atoms with E-state index in [-0.39, 0.29) is 0 Å². The fraction of sp³-hybridized carbons (Fsp3) is 0.250. The zero-order valence-electron chi connectivity index (χ0n) is 8.27. The highest BCUT2D eigenvalue weighted by molar-refractivity contribution is 5.85. The standard InChI is InChI=1S/C12H12O3/c13-12(14)4-2-9-1-3-10-5-6-15-8-11(10)7-9/h1-4,7H,5-6,8H2,(H,13,14)/b4-2+. The van der Waals surface area contributed by atoms with Crippen LogP contribution in [-0.2, 0) is 22.6 Å². The Morgan fingerprint density at radius 1 is 1.40 bits per heavy atom. The number of aliphatic carboxylic acids is 1. The summed E-state index contributed by atoms with van der Waals surface area (Å²) in [5.74, 6) is -0.927. The van der Waals surface area contributed by atoms with E-state index in [4.69, 9.17) is 9.84 Å². The smallest absolute Gasteiger partial charge is 0.328 e. The Morgan fingerprint density at radius 3 is 3.07 bits per heavy atom. The van der Waals surface area contributed by atoms with Crippen LogP contribution in [0.15, 0.2) is 24.3 Å². The van der Waals surface area contributed by atoms with Crippen molar-refractivity contribution in [2.45, 2.75) is 13.0 Å². The van der Waals surface area contributed by atoms with Gasteiger partial charge in [-0.3, -0.25) is 0 Å². The molecule has 0 bridgehead atoms. The van der Waals surface area contributed by atoms with Gasteiger partial charge < -0.3 is 9.84 Å². The maximum absolute atomic E-state index is 10.3. The summed E-state index contributed by atoms with van der Waals surface area (Å²) < 4.78 is 5.34. The number of hydrogen-bond donors (Lipinski definition) is 1. The molecule has 15 heavy (non-hydrogen) atoms. The van der Waals surface area contributed by atoms with Crippen molar-refractivity contribution in [3.63, 3.8) is 0 Å². The van der Waals surface area contributed by atoms with Crippen LogP contribution in [-0.4, -0.2) is 17.7 Å². The molecule has 1 aromatic carbocycles. The number of ether oxygens (including phenoxy) is 1. The number of fused-ring (bicyclic) bond motifs is 1. The first-order valence-electron chi connectivity index (χ1n) is 4.86. The monoisotopic (exact) mass is 204 g/mol. The maximum Gasteiger partial charge on any atom is 0.328 e. The molecule has 1 aromatic rings. The van der Waals surface area contributed by atoms with Crippen LogP contribution in [0.1, 0.15) is 16.7 Å². The van der Waals surface area contributed by atoms with Gasteiger partial charge in [-0.1, -0.05) is 12.1 Å². The largest absolute Gasteiger partial charge is 0.478 e. The van der Waals surface area contributed by atoms with Crippen molar-refractivity contribution in [3.8, 4) is 0 Å². The molecular formula is C12H12O3. The van der Waals surface area contributed by atoms with Crippen LogP contribution in [0.3, 0.4) is 0 Å². The lowest BCUT2D eigenvalue weighted by Gasteiger charge is -2.16. The topological polar surface area (TPSA) is 46.5 Å². The van der Waals surface area contributed by atoms with Gasteiger partial charge >= 0.3 is 5.97 Å². The van der Waals surface area contributed by atoms with Crippen LogP contribution in [0.2, 0.25) is 0 Å². The van der Waals surface area contributed by atoms with E-state index in [1.807, 2.05) is 18.2 Å². The lowest BCUT2D eigenvalue weighted by molar-refractivity contribution is -0.131. The lowest BCUT2D eigenvalue weighted by atomic mass is 10.0. The van der Waals surface area contributed by atoms with Crippen molar-refractivity contribution in [2.75, 3.05) is 6.61 Å². The SMILES string of the molecule is O=C(O)/C=C/c1ccc2c(c1)COCC2. The Balaban J connectivity index is 2.24. The second-order valence-electron chi connectivity index (χ2n) is 3.50. The average Bonchev–Trinajstić information content (AvgIpc) is 2.26. The third-order valence-electron chi connectivity index (χ3n) is 2.42. The van der Waals surface area contributed by atoms with E-state index in [2.05, 4.69) is 0 Å². The minimum atomic E-state index is -0.927. The highest BCUT2D eigenvalue weighted by atomic mass is 16.5. The molecule has 0 unspecified atom stereocenters. The first-order chi connectivity index (χ1) is 7.25. The number of rotatable bonds is 2. The summed E-state index contributed by atoms with van der Waals surface area (Å²) in [4.78, 5) is 10.3. The van der Waals surface area contributed by atoms with Gasteiger partial charge in [-0.15, -0.1) is 0 Å². The predicted octanol–water partition coefficient (Wildman–Crippen LogP) is 1.86. The van der Waals surface area contributed by atoms with Crippen molar-refractivity contribution in [1.29, 1.82) is 0 Å². The Morgan fingerprint density at radius 2 is 2.27 bits per heavy atom. The third kappa shape index (κ3) is 2.44. The molecule has 0 aliphatic carbocycles. The molecule has 0 aromatic heterocycles. The van der Waals surface area contributed by atoms with E-state index in [0.29, 0.717) is 6.61 Å². The molecule has 2 rings (SSSR count). The Labute approximate surface area is 88.0 Å². The van der Waals surface area contributed by atoms with E-state index in [9.17, 15) is 4.79 Å². The van der Waals surface area contributed by atoms with Crippen molar-refractivity contribution >= 4 is 12.0 Å². The maximum atomic E-state index is 10.3. The molecule has 0 fully saturated rings. The average molecular weight is 204 g/mol. The molecule has 3 heteroatoms. The first-order valence-corrected chi connectivity index (χ1v) is 4.86. The van der Waals surface area contributed by atoms with Crippen LogP contribution >= 0.6 is 0 Å². The number of hydrogen-bond acceptors (Lipinski definition) is 2. The summed E-state index contributed by atoms with van der Waals surface area (Å²) in [5.41, 5.74) is 3.36. The van der Waals surface area contributed by atoms with Gasteiger partial charge in [0.1, 0.15) is 0 Å². The molecule has 3 nitrogen and oxygen atoms in total. The van der Waals surface area contributed by atoms with Gasteiger partial charge in [0, 0.05) is 6.08 Å². The molecule has 0 atom stereocenters. The molecule has 78 valence electrons. The molecule has 0 saturated carbocycles. The zero-order valence-corrected chi connectivity index (χ0v) is 8.27. The van der Waals surface area contributed by atoms with E-state index in [0.717, 1.165) is 30.2 Å². The summed E-state index contributed by atoms with van der Waals surface area (Å²) in [6, 6.07) is 5.96. The molecule has 0 amide bonds. The second kappa shape index (κ2) is 4.28. The fourth-order valence-electron chi connectivity index (χ4n) is 1.66. The van der Waals surface area contributed by atoms with Crippen molar-refractivity contribution in [1.82, 2.24) is 0 Å². The molecular weight excluding hydrogens is 192 g/mol. The Bertz CT molecular complexity index is 407. The molecule has 0 spiro atoms. The Hall–Kier alpha value is -1.61. The van der Waals surface area contributed by atoms with Gasteiger partial charge in [0.15, 0.2) is 0 Å². The summed E-state index contributed by atoms with van der Waals surface area (Å²) >= 11 is 0. The van der Waals surface area contributed by atoms with Gasteiger partial charge in [-0.05, 0) is 35.3 Å². The minimum Gasteiger partial charge on any atom is -0.478 e. The molecule has 1 aliphatic heterocycles. The van der Waals surface area contributed by atoms with Gasteiger partial charge in [0.05, 0.1) is 13.2 Å². The molecule has 1 N–H and O–H groups in total. The summed E-state index contributed by atoms with van der Waals surface area (Å²) in [5, 5.41) is 8.50. The van der Waals surface area contributed by atoms with E-state index >= 15 is 0 Å². The van der Waals surface area contributed by atoms with Crippen molar-refractivity contribution in [3.05, 3.63) is 41.0 Å². The number of carboxylic acid groups (broad SMARTS) is 1. The molecule has 1 aliphatic rings. The van der Waals surface area contributed by atoms with E-state index in [1.54, 1.807) is 6.08 Å². The van der Waals surface area contributed by atoms with Crippen LogP contribution in [0.4, 0.5) is 0 Å². The van der Waals surface area contributed by atoms with Crippen LogP contribution in [0.25, 0.3) is 6.08 Å². The number of benzene rings is 1. The molecule has 0 radical (unpaired) electrons. The first kappa shape index (κ1) is 9.93. The van der Waals surface area contributed by atoms with Crippen LogP contribution in [0.5, 0.6) is 0 Å². The predicted molar refractivity (Wildman–Crippen MR) is 56.5 cm³/mol. The minimum absolute atomic E-state index is 0.629. The van der Waals surface area contributed by atoms with Crippen molar-refractivity contribution < 1.29 is 14.6 Å². The number of carboxylic acids is 1. The van der Waals surface area contributed by atoms with Crippen molar-refractivity contribution in [2.24, 2.45) is 0 Å². The third-order valence-corrected chi connectivity index (χ3v) is 2.42. The summed E-state index contributed by atoms with van der Waals surface area (Å²) in [6.45, 7) is 1.40. The van der Waals surface area contributed by atoms with Gasteiger partial charge in [-0.2, -0.15) is 0 Å². The lowest BCUT2D eigenvalue weighted by Crippen LogP contribution is -2.09. The van der Waals surface area contributed by atoms with Crippen LogP contribution in [0, 0.1) is 0 Å². The molecule has 0 saturated heterocycles. The molecule has 1 heterocycles.